The predicted octanol–water partition coefficient (Wildman–Crippen LogP) is 1.86. The fourth-order valence-corrected chi connectivity index (χ4v) is 2.66. The van der Waals surface area contributed by atoms with Crippen LogP contribution in [0.2, 0.25) is 0 Å². The minimum absolute atomic E-state index is 0.0740. The van der Waals surface area contributed by atoms with Gasteiger partial charge in [0.1, 0.15) is 0 Å². The summed E-state index contributed by atoms with van der Waals surface area (Å²) in [6.45, 7) is -0.251. The Kier molecular flexibility index (Phi) is 4.94. The van der Waals surface area contributed by atoms with Crippen LogP contribution in [0, 0.1) is 0 Å². The molecule has 3 rings (SSSR count). The maximum Gasteiger partial charge on any atom is 0.340 e. The lowest BCUT2D eigenvalue weighted by molar-refractivity contribution is 0.0431. The number of sulfonamides is 1. The summed E-state index contributed by atoms with van der Waals surface area (Å²) in [6.07, 6.45) is 4.19. The summed E-state index contributed by atoms with van der Waals surface area (Å²) in [6, 6.07) is 9.60. The molecule has 1 aromatic carbocycles. The number of esters is 1. The van der Waals surface area contributed by atoms with Gasteiger partial charge in [-0.3, -0.25) is 9.71 Å². The molecule has 10 heteroatoms. The molecule has 26 heavy (non-hydrogen) atoms. The quantitative estimate of drug-likeness (QED) is 0.648. The van der Waals surface area contributed by atoms with Gasteiger partial charge < -0.3 is 9.26 Å². The number of hydrogen-bond acceptors (Lipinski definition) is 8. The topological polar surface area (TPSA) is 124 Å². The minimum atomic E-state index is -3.53. The average Bonchev–Trinajstić information content (AvgIpc) is 3.08. The molecule has 1 N–H and O–H groups in total. The lowest BCUT2D eigenvalue weighted by Crippen LogP contribution is -2.14. The molecule has 0 aliphatic carbocycles. The van der Waals surface area contributed by atoms with Gasteiger partial charge in [0.15, 0.2) is 6.61 Å². The van der Waals surface area contributed by atoms with Gasteiger partial charge >= 0.3 is 5.97 Å². The number of carbonyl (C=O) groups excluding carboxylic acids is 1. The Hall–Kier alpha value is -3.27. The molecule has 0 saturated carbocycles. The first-order valence-electron chi connectivity index (χ1n) is 7.39. The number of anilines is 1. The molecule has 134 valence electrons. The molecule has 0 radical (unpaired) electrons. The first-order valence-corrected chi connectivity index (χ1v) is 9.28. The average molecular weight is 374 g/mol. The molecule has 2 heterocycles. The van der Waals surface area contributed by atoms with E-state index in [2.05, 4.69) is 19.8 Å². The maximum atomic E-state index is 12.2. The number of nitrogens with zero attached hydrogens (tertiary/aromatic N) is 3. The van der Waals surface area contributed by atoms with Gasteiger partial charge in [0.2, 0.25) is 15.8 Å². The van der Waals surface area contributed by atoms with Crippen LogP contribution in [-0.2, 0) is 21.4 Å². The van der Waals surface area contributed by atoms with E-state index in [0.29, 0.717) is 11.4 Å². The van der Waals surface area contributed by atoms with Crippen LogP contribution in [-0.4, -0.2) is 35.8 Å². The summed E-state index contributed by atoms with van der Waals surface area (Å²) in [7, 11) is -3.53. The maximum absolute atomic E-state index is 12.2. The molecule has 0 unspecified atom stereocenters. The van der Waals surface area contributed by atoms with Crippen LogP contribution in [0.1, 0.15) is 16.2 Å². The van der Waals surface area contributed by atoms with Gasteiger partial charge in [-0.15, -0.1) is 0 Å². The number of benzene rings is 1. The Balaban J connectivity index is 1.69. The number of pyridine rings is 1. The molecule has 0 fully saturated rings. The normalized spacial score (nSPS) is 11.1. The van der Waals surface area contributed by atoms with Crippen molar-refractivity contribution in [3.63, 3.8) is 0 Å². The van der Waals surface area contributed by atoms with Crippen molar-refractivity contribution in [2.24, 2.45) is 0 Å². The lowest BCUT2D eigenvalue weighted by atomic mass is 10.2. The molecule has 0 spiro atoms. The van der Waals surface area contributed by atoms with Gasteiger partial charge in [0.25, 0.3) is 5.89 Å². The summed E-state index contributed by atoms with van der Waals surface area (Å²) in [5, 5.41) is 3.79. The van der Waals surface area contributed by atoms with Crippen molar-refractivity contribution < 1.29 is 22.5 Å². The van der Waals surface area contributed by atoms with E-state index < -0.39 is 16.0 Å². The highest BCUT2D eigenvalue weighted by Gasteiger charge is 2.17. The zero-order valence-electron chi connectivity index (χ0n) is 13.6. The van der Waals surface area contributed by atoms with Crippen molar-refractivity contribution in [1.82, 2.24) is 15.1 Å². The fourth-order valence-electron chi connectivity index (χ4n) is 2.08. The van der Waals surface area contributed by atoms with Gasteiger partial charge in [-0.1, -0.05) is 17.3 Å². The third-order valence-corrected chi connectivity index (χ3v) is 3.75. The van der Waals surface area contributed by atoms with E-state index in [1.807, 2.05) is 0 Å². The van der Waals surface area contributed by atoms with Crippen molar-refractivity contribution in [1.29, 1.82) is 0 Å². The smallest absolute Gasteiger partial charge is 0.340 e. The molecular formula is C16H14N4O5S. The molecule has 2 aromatic heterocycles. The predicted molar refractivity (Wildman–Crippen MR) is 91.6 cm³/mol. The van der Waals surface area contributed by atoms with E-state index in [0.717, 1.165) is 6.26 Å². The largest absolute Gasteiger partial charge is 0.452 e. The van der Waals surface area contributed by atoms with Gasteiger partial charge in [-0.2, -0.15) is 4.98 Å². The summed E-state index contributed by atoms with van der Waals surface area (Å²) in [5.74, 6) is -0.299. The van der Waals surface area contributed by atoms with Crippen LogP contribution >= 0.6 is 0 Å². The van der Waals surface area contributed by atoms with E-state index in [-0.39, 0.29) is 23.7 Å². The van der Waals surface area contributed by atoms with Crippen LogP contribution in [0.4, 0.5) is 5.69 Å². The minimum Gasteiger partial charge on any atom is -0.452 e. The monoisotopic (exact) mass is 374 g/mol. The number of hydrogen-bond donors (Lipinski definition) is 1. The Morgan fingerprint density at radius 3 is 2.77 bits per heavy atom. The Labute approximate surface area is 149 Å². The van der Waals surface area contributed by atoms with E-state index in [9.17, 15) is 13.2 Å². The second kappa shape index (κ2) is 7.31. The highest BCUT2D eigenvalue weighted by Crippen LogP contribution is 2.19. The van der Waals surface area contributed by atoms with Crippen LogP contribution in [0.25, 0.3) is 11.4 Å². The van der Waals surface area contributed by atoms with E-state index >= 15 is 0 Å². The van der Waals surface area contributed by atoms with Crippen molar-refractivity contribution in [3.8, 4) is 11.4 Å². The molecule has 0 aliphatic rings. The highest BCUT2D eigenvalue weighted by molar-refractivity contribution is 7.92. The van der Waals surface area contributed by atoms with Crippen LogP contribution in [0.3, 0.4) is 0 Å². The molecule has 0 atom stereocenters. The first kappa shape index (κ1) is 17.5. The molecule has 9 nitrogen and oxygen atoms in total. The number of rotatable bonds is 6. The van der Waals surface area contributed by atoms with Crippen molar-refractivity contribution in [2.75, 3.05) is 11.0 Å². The van der Waals surface area contributed by atoms with Crippen LogP contribution < -0.4 is 4.72 Å². The van der Waals surface area contributed by atoms with E-state index in [1.54, 1.807) is 36.7 Å². The first-order chi connectivity index (χ1) is 12.4. The highest BCUT2D eigenvalue weighted by atomic mass is 32.2. The third-order valence-electron chi connectivity index (χ3n) is 3.16. The zero-order valence-corrected chi connectivity index (χ0v) is 14.4. The van der Waals surface area contributed by atoms with Crippen LogP contribution in [0.5, 0.6) is 0 Å². The SMILES string of the molecule is CS(=O)(=O)Nc1ccccc1C(=O)OCc1nc(-c2cccnc2)no1. The van der Waals surface area contributed by atoms with Gasteiger partial charge in [0.05, 0.1) is 17.5 Å². The van der Waals surface area contributed by atoms with Gasteiger partial charge in [-0.25, -0.2) is 13.2 Å². The Morgan fingerprint density at radius 2 is 2.04 bits per heavy atom. The fraction of sp³-hybridized carbons (Fsp3) is 0.125. The molecule has 0 saturated heterocycles. The number of nitrogens with one attached hydrogen (secondary N) is 1. The van der Waals surface area contributed by atoms with Crippen molar-refractivity contribution >= 4 is 21.7 Å². The standard InChI is InChI=1S/C16H14N4O5S/c1-26(22,23)20-13-7-3-2-6-12(13)16(21)24-10-14-18-15(19-25-14)11-5-4-8-17-9-11/h2-9,20H,10H2,1H3. The summed E-state index contributed by atoms with van der Waals surface area (Å²) in [4.78, 5) is 20.3. The second-order valence-electron chi connectivity index (χ2n) is 5.25. The van der Waals surface area contributed by atoms with E-state index in [1.165, 1.54) is 12.1 Å². The molecule has 0 bridgehead atoms. The number of carbonyl (C=O) groups is 1. The molecular weight excluding hydrogens is 360 g/mol. The summed E-state index contributed by atoms with van der Waals surface area (Å²) < 4.78 is 35.2. The molecule has 0 amide bonds. The van der Waals surface area contributed by atoms with Gasteiger partial charge in [0, 0.05) is 18.0 Å². The summed E-state index contributed by atoms with van der Waals surface area (Å²) >= 11 is 0. The number of ether oxygens (including phenoxy) is 1. The van der Waals surface area contributed by atoms with Crippen LogP contribution in [0.15, 0.2) is 53.3 Å². The molecule has 0 aliphatic heterocycles. The third kappa shape index (κ3) is 4.42. The zero-order chi connectivity index (χ0) is 18.6. The molecule has 3 aromatic rings. The van der Waals surface area contributed by atoms with Crippen molar-refractivity contribution in [2.45, 2.75) is 6.61 Å². The summed E-state index contributed by atoms with van der Waals surface area (Å²) in [5.41, 5.74) is 0.864. The number of para-hydroxylation sites is 1. The lowest BCUT2D eigenvalue weighted by Gasteiger charge is -2.09. The van der Waals surface area contributed by atoms with E-state index in [4.69, 9.17) is 9.26 Å². The van der Waals surface area contributed by atoms with Crippen molar-refractivity contribution in [3.05, 3.63) is 60.2 Å². The second-order valence-corrected chi connectivity index (χ2v) is 7.00. The Morgan fingerprint density at radius 1 is 1.23 bits per heavy atom. The number of aromatic nitrogens is 3. The van der Waals surface area contributed by atoms with Gasteiger partial charge in [-0.05, 0) is 24.3 Å². The Bertz CT molecular complexity index is 1020.